The maximum atomic E-state index is 12.9. The predicted molar refractivity (Wildman–Crippen MR) is 79.6 cm³/mol. The summed E-state index contributed by atoms with van der Waals surface area (Å²) < 4.78 is 30.6. The van der Waals surface area contributed by atoms with Crippen LogP contribution in [0.15, 0.2) is 53.4 Å². The summed E-state index contributed by atoms with van der Waals surface area (Å²) in [4.78, 5) is 12.8. The Kier molecular flexibility index (Phi) is 4.85. The van der Waals surface area contributed by atoms with Gasteiger partial charge in [-0.25, -0.2) is 4.39 Å². The molecule has 0 bridgehead atoms. The molecule has 0 saturated heterocycles. The van der Waals surface area contributed by atoms with Crippen LogP contribution in [0.5, 0.6) is 5.75 Å². The molecule has 0 saturated carbocycles. The molecule has 2 aromatic rings. The monoisotopic (exact) mass is 306 g/mol. The third-order valence-electron chi connectivity index (χ3n) is 3.10. The summed E-state index contributed by atoms with van der Waals surface area (Å²) in [6, 6.07) is 12.1. The van der Waals surface area contributed by atoms with Gasteiger partial charge < -0.3 is 4.74 Å². The van der Waals surface area contributed by atoms with Crippen molar-refractivity contribution in [3.63, 3.8) is 0 Å². The van der Waals surface area contributed by atoms with E-state index >= 15 is 0 Å². The van der Waals surface area contributed by atoms with E-state index in [1.807, 2.05) is 0 Å². The lowest BCUT2D eigenvalue weighted by molar-refractivity contribution is 0.0992. The van der Waals surface area contributed by atoms with Crippen LogP contribution in [0.3, 0.4) is 0 Å². The second-order valence-corrected chi connectivity index (χ2v) is 6.20. The zero-order valence-electron chi connectivity index (χ0n) is 11.7. The van der Waals surface area contributed by atoms with Gasteiger partial charge in [0.2, 0.25) is 0 Å². The Labute approximate surface area is 125 Å². The number of carbonyl (C=O) groups is 1. The van der Waals surface area contributed by atoms with E-state index in [-0.39, 0.29) is 5.78 Å². The van der Waals surface area contributed by atoms with E-state index in [2.05, 4.69) is 0 Å². The summed E-state index contributed by atoms with van der Waals surface area (Å²) in [5, 5.41) is -0.744. The van der Waals surface area contributed by atoms with Gasteiger partial charge in [-0.3, -0.25) is 9.00 Å². The van der Waals surface area contributed by atoms with E-state index in [1.165, 1.54) is 31.4 Å². The number of para-hydroxylation sites is 1. The van der Waals surface area contributed by atoms with Crippen molar-refractivity contribution < 1.29 is 18.1 Å². The molecule has 0 radical (unpaired) electrons. The van der Waals surface area contributed by atoms with Crippen molar-refractivity contribution in [1.82, 2.24) is 0 Å². The summed E-state index contributed by atoms with van der Waals surface area (Å²) in [5.74, 6) is -0.223. The normalized spacial score (nSPS) is 13.5. The molecule has 2 atom stereocenters. The average molecular weight is 306 g/mol. The van der Waals surface area contributed by atoms with Gasteiger partial charge in [-0.1, -0.05) is 12.1 Å². The topological polar surface area (TPSA) is 43.4 Å². The first-order chi connectivity index (χ1) is 10.0. The number of halogens is 1. The zero-order valence-corrected chi connectivity index (χ0v) is 12.5. The fourth-order valence-electron chi connectivity index (χ4n) is 1.92. The van der Waals surface area contributed by atoms with Crippen LogP contribution in [0.1, 0.15) is 17.3 Å². The second kappa shape index (κ2) is 6.63. The van der Waals surface area contributed by atoms with Gasteiger partial charge in [-0.05, 0) is 43.3 Å². The third-order valence-corrected chi connectivity index (χ3v) is 4.73. The Morgan fingerprint density at radius 3 is 2.38 bits per heavy atom. The number of rotatable bonds is 5. The molecule has 0 aliphatic rings. The molecule has 0 heterocycles. The van der Waals surface area contributed by atoms with Gasteiger partial charge in [0.15, 0.2) is 5.78 Å². The highest BCUT2D eigenvalue weighted by atomic mass is 32.2. The van der Waals surface area contributed by atoms with E-state index in [4.69, 9.17) is 4.74 Å². The van der Waals surface area contributed by atoms with Crippen LogP contribution in [0.2, 0.25) is 0 Å². The van der Waals surface area contributed by atoms with Crippen LogP contribution < -0.4 is 4.74 Å². The van der Waals surface area contributed by atoms with Crippen molar-refractivity contribution in [2.24, 2.45) is 0 Å². The van der Waals surface area contributed by atoms with Gasteiger partial charge in [-0.2, -0.15) is 0 Å². The van der Waals surface area contributed by atoms with Crippen molar-refractivity contribution in [3.05, 3.63) is 59.9 Å². The number of Topliss-reactive ketones (excluding diaryl/α,β-unsaturated/α-hetero) is 1. The molecule has 0 aliphatic carbocycles. The van der Waals surface area contributed by atoms with Gasteiger partial charge >= 0.3 is 0 Å². The van der Waals surface area contributed by atoms with Crippen LogP contribution in [0.4, 0.5) is 4.39 Å². The number of methoxy groups -OCH3 is 1. The van der Waals surface area contributed by atoms with E-state index in [9.17, 15) is 13.4 Å². The summed E-state index contributed by atoms with van der Waals surface area (Å²) in [6.07, 6.45) is 0. The van der Waals surface area contributed by atoms with Crippen LogP contribution >= 0.6 is 0 Å². The number of benzene rings is 2. The van der Waals surface area contributed by atoms with Crippen LogP contribution in [0.25, 0.3) is 0 Å². The molecule has 21 heavy (non-hydrogen) atoms. The molecule has 0 aromatic heterocycles. The molecule has 0 aliphatic heterocycles. The molecule has 110 valence electrons. The fraction of sp³-hybridized carbons (Fsp3) is 0.188. The molecule has 0 spiro atoms. The van der Waals surface area contributed by atoms with E-state index < -0.39 is 21.9 Å². The minimum absolute atomic E-state index is 0.292. The Bertz CT molecular complexity index is 667. The molecular formula is C16H15FO3S. The van der Waals surface area contributed by atoms with Crippen LogP contribution in [-0.2, 0) is 10.8 Å². The number of ketones is 1. The lowest BCUT2D eigenvalue weighted by atomic mass is 10.1. The van der Waals surface area contributed by atoms with Crippen molar-refractivity contribution >= 4 is 16.6 Å². The van der Waals surface area contributed by atoms with Gasteiger partial charge in [0.25, 0.3) is 0 Å². The molecule has 0 fully saturated rings. The van der Waals surface area contributed by atoms with Crippen molar-refractivity contribution in [3.8, 4) is 5.75 Å². The molecule has 0 N–H and O–H groups in total. The number of hydrogen-bond acceptors (Lipinski definition) is 3. The van der Waals surface area contributed by atoms with Gasteiger partial charge in [0, 0.05) is 5.56 Å². The molecule has 3 nitrogen and oxygen atoms in total. The molecule has 0 amide bonds. The summed E-state index contributed by atoms with van der Waals surface area (Å²) >= 11 is 0. The molecular weight excluding hydrogens is 291 g/mol. The highest BCUT2D eigenvalue weighted by Gasteiger charge is 2.24. The standard InChI is InChI=1S/C16H15FO3S/c1-11(16(18)12-7-9-13(17)10-8-12)21(19)15-6-4-3-5-14(15)20-2/h3-11H,1-2H3. The Morgan fingerprint density at radius 1 is 1.14 bits per heavy atom. The second-order valence-electron chi connectivity index (χ2n) is 4.46. The number of hydrogen-bond donors (Lipinski definition) is 0. The SMILES string of the molecule is COc1ccccc1S(=O)C(C)C(=O)c1ccc(F)cc1. The maximum absolute atomic E-state index is 12.9. The first kappa shape index (κ1) is 15.4. The number of ether oxygens (including phenoxy) is 1. The van der Waals surface area contributed by atoms with Gasteiger partial charge in [-0.15, -0.1) is 0 Å². The zero-order chi connectivity index (χ0) is 15.4. The van der Waals surface area contributed by atoms with Crippen LogP contribution in [0, 0.1) is 5.82 Å². The Hall–Kier alpha value is -2.01. The van der Waals surface area contributed by atoms with Gasteiger partial charge in [0.05, 0.1) is 28.1 Å². The molecule has 2 aromatic carbocycles. The van der Waals surface area contributed by atoms with Crippen molar-refractivity contribution in [2.45, 2.75) is 17.1 Å². The first-order valence-corrected chi connectivity index (χ1v) is 7.59. The minimum atomic E-state index is -1.54. The van der Waals surface area contributed by atoms with Gasteiger partial charge in [0.1, 0.15) is 11.6 Å². The highest BCUT2D eigenvalue weighted by Crippen LogP contribution is 2.24. The van der Waals surface area contributed by atoms with E-state index in [0.29, 0.717) is 16.2 Å². The smallest absolute Gasteiger partial charge is 0.178 e. The van der Waals surface area contributed by atoms with Crippen molar-refractivity contribution in [2.75, 3.05) is 7.11 Å². The lowest BCUT2D eigenvalue weighted by Crippen LogP contribution is -2.23. The first-order valence-electron chi connectivity index (χ1n) is 6.38. The molecule has 5 heteroatoms. The average Bonchev–Trinajstić information content (AvgIpc) is 2.53. The Balaban J connectivity index is 2.26. The predicted octanol–water partition coefficient (Wildman–Crippen LogP) is 3.21. The van der Waals surface area contributed by atoms with Crippen LogP contribution in [-0.4, -0.2) is 22.4 Å². The quantitative estimate of drug-likeness (QED) is 0.797. The van der Waals surface area contributed by atoms with E-state index in [1.54, 1.807) is 31.2 Å². The maximum Gasteiger partial charge on any atom is 0.178 e. The minimum Gasteiger partial charge on any atom is -0.495 e. The summed E-state index contributed by atoms with van der Waals surface area (Å²) in [6.45, 7) is 1.59. The highest BCUT2D eigenvalue weighted by molar-refractivity contribution is 7.86. The van der Waals surface area contributed by atoms with Crippen molar-refractivity contribution in [1.29, 1.82) is 0 Å². The largest absolute Gasteiger partial charge is 0.495 e. The lowest BCUT2D eigenvalue weighted by Gasteiger charge is -2.13. The Morgan fingerprint density at radius 2 is 1.76 bits per heavy atom. The third kappa shape index (κ3) is 3.36. The fourth-order valence-corrected chi connectivity index (χ4v) is 3.20. The molecule has 2 unspecified atom stereocenters. The summed E-state index contributed by atoms with van der Waals surface area (Å²) in [7, 11) is -0.0552. The summed E-state index contributed by atoms with van der Waals surface area (Å²) in [5.41, 5.74) is 0.340. The van der Waals surface area contributed by atoms with E-state index in [0.717, 1.165) is 0 Å². The number of carbonyl (C=O) groups excluding carboxylic acids is 1. The molecule has 2 rings (SSSR count).